The second kappa shape index (κ2) is 4.92. The minimum absolute atomic E-state index is 0.753. The molecule has 0 spiro atoms. The maximum absolute atomic E-state index is 4.30. The summed E-state index contributed by atoms with van der Waals surface area (Å²) in [5.74, 6) is 2.08. The van der Waals surface area contributed by atoms with Crippen LogP contribution < -0.4 is 0 Å². The van der Waals surface area contributed by atoms with Crippen LogP contribution in [0.5, 0.6) is 0 Å². The smallest absolute Gasteiger partial charge is 0.146 e. The van der Waals surface area contributed by atoms with Gasteiger partial charge in [-0.25, -0.2) is 14.6 Å². The SMILES string of the molecule is CCCn1ncnc1Cn1ccnc1CC. The Labute approximate surface area is 95.1 Å². The van der Waals surface area contributed by atoms with Crippen LogP contribution in [0.3, 0.4) is 0 Å². The summed E-state index contributed by atoms with van der Waals surface area (Å²) >= 11 is 0. The van der Waals surface area contributed by atoms with E-state index in [2.05, 4.69) is 33.5 Å². The third-order valence-corrected chi connectivity index (χ3v) is 2.56. The normalized spacial score (nSPS) is 10.9. The van der Waals surface area contributed by atoms with E-state index < -0.39 is 0 Å². The zero-order valence-electron chi connectivity index (χ0n) is 9.80. The van der Waals surface area contributed by atoms with Crippen LogP contribution >= 0.6 is 0 Å². The second-order valence-electron chi connectivity index (χ2n) is 3.72. The number of nitrogens with zero attached hydrogens (tertiary/aromatic N) is 5. The highest BCUT2D eigenvalue weighted by Crippen LogP contribution is 2.04. The Morgan fingerprint density at radius 3 is 2.81 bits per heavy atom. The number of hydrogen-bond donors (Lipinski definition) is 0. The lowest BCUT2D eigenvalue weighted by molar-refractivity contribution is 0.549. The lowest BCUT2D eigenvalue weighted by Gasteiger charge is -2.07. The fraction of sp³-hybridized carbons (Fsp3) is 0.545. The first-order valence-corrected chi connectivity index (χ1v) is 5.71. The molecule has 2 heterocycles. The minimum atomic E-state index is 0.753. The summed E-state index contributed by atoms with van der Waals surface area (Å²) in [6.07, 6.45) is 7.45. The molecular weight excluding hydrogens is 202 g/mol. The minimum Gasteiger partial charge on any atom is -0.327 e. The first-order valence-electron chi connectivity index (χ1n) is 5.71. The molecule has 2 rings (SSSR count). The van der Waals surface area contributed by atoms with E-state index in [1.54, 1.807) is 6.33 Å². The molecule has 0 fully saturated rings. The largest absolute Gasteiger partial charge is 0.327 e. The molecule has 0 aliphatic carbocycles. The topological polar surface area (TPSA) is 48.5 Å². The second-order valence-corrected chi connectivity index (χ2v) is 3.72. The zero-order valence-corrected chi connectivity index (χ0v) is 9.80. The van der Waals surface area contributed by atoms with Crippen LogP contribution in [0.4, 0.5) is 0 Å². The first-order chi connectivity index (χ1) is 7.85. The maximum atomic E-state index is 4.30. The molecule has 0 atom stereocenters. The standard InChI is InChI=1S/C11H17N5/c1-3-6-16-11(13-9-14-16)8-15-7-5-12-10(15)4-2/h5,7,9H,3-4,6,8H2,1-2H3. The average Bonchev–Trinajstić information content (AvgIpc) is 2.89. The zero-order chi connectivity index (χ0) is 11.4. The fourth-order valence-electron chi connectivity index (χ4n) is 1.76. The molecule has 0 N–H and O–H groups in total. The molecule has 2 aromatic heterocycles. The summed E-state index contributed by atoms with van der Waals surface area (Å²) in [5.41, 5.74) is 0. The number of aromatic nitrogens is 5. The molecular formula is C11H17N5. The van der Waals surface area contributed by atoms with Crippen molar-refractivity contribution in [2.75, 3.05) is 0 Å². The van der Waals surface area contributed by atoms with Gasteiger partial charge < -0.3 is 4.57 Å². The molecule has 0 aromatic carbocycles. The summed E-state index contributed by atoms with van der Waals surface area (Å²) in [6.45, 7) is 5.92. The summed E-state index contributed by atoms with van der Waals surface area (Å²) in [4.78, 5) is 8.58. The number of hydrogen-bond acceptors (Lipinski definition) is 3. The molecule has 0 aliphatic heterocycles. The molecule has 0 saturated carbocycles. The molecule has 0 unspecified atom stereocenters. The lowest BCUT2D eigenvalue weighted by Crippen LogP contribution is -2.11. The number of aryl methyl sites for hydroxylation is 2. The van der Waals surface area contributed by atoms with E-state index in [4.69, 9.17) is 0 Å². The Bertz CT molecular complexity index is 443. The first kappa shape index (κ1) is 10.9. The van der Waals surface area contributed by atoms with Crippen LogP contribution in [0, 0.1) is 0 Å². The van der Waals surface area contributed by atoms with Crippen LogP contribution in [0.1, 0.15) is 31.9 Å². The van der Waals surface area contributed by atoms with Crippen molar-refractivity contribution in [3.8, 4) is 0 Å². The highest BCUT2D eigenvalue weighted by Gasteiger charge is 2.06. The van der Waals surface area contributed by atoms with Crippen LogP contribution in [-0.2, 0) is 19.5 Å². The van der Waals surface area contributed by atoms with Gasteiger partial charge in [0.15, 0.2) is 0 Å². The van der Waals surface area contributed by atoms with E-state index in [9.17, 15) is 0 Å². The number of rotatable bonds is 5. The molecule has 0 bridgehead atoms. The molecule has 16 heavy (non-hydrogen) atoms. The van der Waals surface area contributed by atoms with Gasteiger partial charge in [-0.2, -0.15) is 5.10 Å². The molecule has 0 amide bonds. The molecule has 5 heteroatoms. The summed E-state index contributed by atoms with van der Waals surface area (Å²) in [6, 6.07) is 0. The van der Waals surface area contributed by atoms with E-state index in [0.717, 1.165) is 37.6 Å². The van der Waals surface area contributed by atoms with Crippen molar-refractivity contribution in [2.45, 2.75) is 39.8 Å². The van der Waals surface area contributed by atoms with Crippen molar-refractivity contribution in [1.29, 1.82) is 0 Å². The quantitative estimate of drug-likeness (QED) is 0.765. The van der Waals surface area contributed by atoms with E-state index in [1.807, 2.05) is 17.1 Å². The fourth-order valence-corrected chi connectivity index (χ4v) is 1.76. The molecule has 0 aliphatic rings. The van der Waals surface area contributed by atoms with E-state index in [0.29, 0.717) is 0 Å². The van der Waals surface area contributed by atoms with Crippen LogP contribution in [0.2, 0.25) is 0 Å². The third kappa shape index (κ3) is 2.13. The van der Waals surface area contributed by atoms with Gasteiger partial charge in [0, 0.05) is 25.4 Å². The van der Waals surface area contributed by atoms with Gasteiger partial charge in [-0.3, -0.25) is 0 Å². The van der Waals surface area contributed by atoms with Gasteiger partial charge in [0.25, 0.3) is 0 Å². The molecule has 2 aromatic rings. The summed E-state index contributed by atoms with van der Waals surface area (Å²) < 4.78 is 4.08. The Morgan fingerprint density at radius 2 is 2.06 bits per heavy atom. The van der Waals surface area contributed by atoms with Gasteiger partial charge in [-0.1, -0.05) is 13.8 Å². The van der Waals surface area contributed by atoms with Crippen LogP contribution in [-0.4, -0.2) is 24.3 Å². The monoisotopic (exact) mass is 219 g/mol. The van der Waals surface area contributed by atoms with Crippen molar-refractivity contribution < 1.29 is 0 Å². The predicted molar refractivity (Wildman–Crippen MR) is 61.0 cm³/mol. The highest BCUT2D eigenvalue weighted by atomic mass is 15.3. The highest BCUT2D eigenvalue weighted by molar-refractivity contribution is 4.96. The van der Waals surface area contributed by atoms with Gasteiger partial charge >= 0.3 is 0 Å². The Hall–Kier alpha value is -1.65. The van der Waals surface area contributed by atoms with Gasteiger partial charge in [0.2, 0.25) is 0 Å². The maximum Gasteiger partial charge on any atom is 0.146 e. The third-order valence-electron chi connectivity index (χ3n) is 2.56. The Morgan fingerprint density at radius 1 is 1.19 bits per heavy atom. The van der Waals surface area contributed by atoms with E-state index >= 15 is 0 Å². The summed E-state index contributed by atoms with van der Waals surface area (Å²) in [5, 5.41) is 4.21. The van der Waals surface area contributed by atoms with Gasteiger partial charge in [0.05, 0.1) is 6.54 Å². The van der Waals surface area contributed by atoms with Crippen LogP contribution in [0.15, 0.2) is 18.7 Å². The van der Waals surface area contributed by atoms with E-state index in [1.165, 1.54) is 0 Å². The van der Waals surface area contributed by atoms with Crippen molar-refractivity contribution >= 4 is 0 Å². The molecule has 0 saturated heterocycles. The van der Waals surface area contributed by atoms with Crippen molar-refractivity contribution in [3.63, 3.8) is 0 Å². The van der Waals surface area contributed by atoms with Gasteiger partial charge in [0.1, 0.15) is 18.0 Å². The van der Waals surface area contributed by atoms with Crippen molar-refractivity contribution in [1.82, 2.24) is 24.3 Å². The Balaban J connectivity index is 2.17. The van der Waals surface area contributed by atoms with E-state index in [-0.39, 0.29) is 0 Å². The average molecular weight is 219 g/mol. The van der Waals surface area contributed by atoms with Crippen molar-refractivity contribution in [2.24, 2.45) is 0 Å². The van der Waals surface area contributed by atoms with Gasteiger partial charge in [-0.15, -0.1) is 0 Å². The number of imidazole rings is 1. The predicted octanol–water partition coefficient (Wildman–Crippen LogP) is 1.50. The van der Waals surface area contributed by atoms with Crippen molar-refractivity contribution in [3.05, 3.63) is 30.4 Å². The summed E-state index contributed by atoms with van der Waals surface area (Å²) in [7, 11) is 0. The lowest BCUT2D eigenvalue weighted by atomic mass is 10.4. The van der Waals surface area contributed by atoms with Gasteiger partial charge in [-0.05, 0) is 6.42 Å². The Kier molecular flexibility index (Phi) is 3.34. The molecule has 0 radical (unpaired) electrons. The van der Waals surface area contributed by atoms with Crippen LogP contribution in [0.25, 0.3) is 0 Å². The molecule has 86 valence electrons. The molecule has 5 nitrogen and oxygen atoms in total.